The van der Waals surface area contributed by atoms with E-state index in [0.717, 1.165) is 0 Å². The molecule has 0 spiro atoms. The van der Waals surface area contributed by atoms with Crippen LogP contribution in [0.5, 0.6) is 11.5 Å². The van der Waals surface area contributed by atoms with Gasteiger partial charge in [0.1, 0.15) is 13.2 Å². The molecule has 0 saturated heterocycles. The summed E-state index contributed by atoms with van der Waals surface area (Å²) >= 11 is 0. The monoisotopic (exact) mass is 363 g/mol. The van der Waals surface area contributed by atoms with Crippen molar-refractivity contribution in [2.75, 3.05) is 52.7 Å². The Kier molecular flexibility index (Phi) is 7.32. The van der Waals surface area contributed by atoms with Crippen molar-refractivity contribution in [2.45, 2.75) is 6.18 Å². The standard InChI is InChI=1S/C16H20F3NO5/c17-16(18,19)15(21)20-5-7-22-9-11-24-13-3-1-2-4-14(13)25-12-10-23-8-6-20/h1-4H,5-12H2. The Morgan fingerprint density at radius 1 is 0.840 bits per heavy atom. The van der Waals surface area contributed by atoms with Gasteiger partial charge in [-0.1, -0.05) is 12.1 Å². The summed E-state index contributed by atoms with van der Waals surface area (Å²) in [5, 5.41) is 0. The summed E-state index contributed by atoms with van der Waals surface area (Å²) in [5.74, 6) is -0.798. The number of amides is 1. The van der Waals surface area contributed by atoms with E-state index in [1.165, 1.54) is 0 Å². The van der Waals surface area contributed by atoms with Crippen LogP contribution in [0.1, 0.15) is 0 Å². The molecule has 0 bridgehead atoms. The second kappa shape index (κ2) is 9.47. The van der Waals surface area contributed by atoms with Gasteiger partial charge >= 0.3 is 12.1 Å². The second-order valence-corrected chi connectivity index (χ2v) is 5.16. The fourth-order valence-corrected chi connectivity index (χ4v) is 2.16. The van der Waals surface area contributed by atoms with Crippen LogP contribution >= 0.6 is 0 Å². The summed E-state index contributed by atoms with van der Waals surface area (Å²) in [4.78, 5) is 12.1. The molecule has 2 rings (SSSR count). The molecular formula is C16H20F3NO5. The Labute approximate surface area is 143 Å². The molecule has 1 aliphatic heterocycles. The quantitative estimate of drug-likeness (QED) is 0.705. The van der Waals surface area contributed by atoms with Crippen LogP contribution in [0.25, 0.3) is 0 Å². The van der Waals surface area contributed by atoms with Crippen molar-refractivity contribution in [3.63, 3.8) is 0 Å². The molecule has 25 heavy (non-hydrogen) atoms. The second-order valence-electron chi connectivity index (χ2n) is 5.16. The average Bonchev–Trinajstić information content (AvgIpc) is 2.58. The molecule has 0 unspecified atom stereocenters. The van der Waals surface area contributed by atoms with Crippen molar-refractivity contribution >= 4 is 5.91 Å². The van der Waals surface area contributed by atoms with Gasteiger partial charge in [0.25, 0.3) is 0 Å². The molecule has 140 valence electrons. The highest BCUT2D eigenvalue weighted by Gasteiger charge is 2.42. The number of para-hydroxylation sites is 2. The number of fused-ring (bicyclic) bond motifs is 1. The van der Waals surface area contributed by atoms with Crippen molar-refractivity contribution in [3.8, 4) is 11.5 Å². The molecule has 0 aliphatic carbocycles. The van der Waals surface area contributed by atoms with Gasteiger partial charge in [-0.25, -0.2) is 0 Å². The topological polar surface area (TPSA) is 57.2 Å². The van der Waals surface area contributed by atoms with E-state index in [2.05, 4.69) is 0 Å². The minimum atomic E-state index is -4.92. The van der Waals surface area contributed by atoms with Gasteiger partial charge in [-0.15, -0.1) is 0 Å². The van der Waals surface area contributed by atoms with E-state index in [4.69, 9.17) is 18.9 Å². The predicted octanol–water partition coefficient (Wildman–Crippen LogP) is 1.88. The van der Waals surface area contributed by atoms with E-state index >= 15 is 0 Å². The van der Waals surface area contributed by atoms with E-state index in [9.17, 15) is 18.0 Å². The van der Waals surface area contributed by atoms with Crippen molar-refractivity contribution in [1.29, 1.82) is 0 Å². The first-order valence-electron chi connectivity index (χ1n) is 7.84. The van der Waals surface area contributed by atoms with Gasteiger partial charge in [-0.3, -0.25) is 4.79 Å². The lowest BCUT2D eigenvalue weighted by Crippen LogP contribution is -2.44. The Hall–Kier alpha value is -2.00. The van der Waals surface area contributed by atoms with Crippen molar-refractivity contribution < 1.29 is 36.9 Å². The largest absolute Gasteiger partial charge is 0.487 e. The van der Waals surface area contributed by atoms with Gasteiger partial charge in [0.05, 0.1) is 26.4 Å². The predicted molar refractivity (Wildman–Crippen MR) is 81.7 cm³/mol. The number of carbonyl (C=O) groups is 1. The summed E-state index contributed by atoms with van der Waals surface area (Å²) in [6, 6.07) is 7.10. The van der Waals surface area contributed by atoms with Crippen LogP contribution in [0.3, 0.4) is 0 Å². The molecule has 0 radical (unpaired) electrons. The van der Waals surface area contributed by atoms with Crippen LogP contribution in [0, 0.1) is 0 Å². The van der Waals surface area contributed by atoms with Gasteiger partial charge in [0, 0.05) is 13.1 Å². The van der Waals surface area contributed by atoms with E-state index in [0.29, 0.717) is 16.4 Å². The molecule has 0 aromatic heterocycles. The van der Waals surface area contributed by atoms with Crippen molar-refractivity contribution in [2.24, 2.45) is 0 Å². The van der Waals surface area contributed by atoms with Crippen LogP contribution in [-0.4, -0.2) is 69.7 Å². The molecular weight excluding hydrogens is 343 g/mol. The fourth-order valence-electron chi connectivity index (χ4n) is 2.16. The minimum absolute atomic E-state index is 0.0245. The Morgan fingerprint density at radius 3 is 1.76 bits per heavy atom. The van der Waals surface area contributed by atoms with Gasteiger partial charge < -0.3 is 23.8 Å². The number of alkyl halides is 3. The van der Waals surface area contributed by atoms with E-state index in [1.54, 1.807) is 24.3 Å². The lowest BCUT2D eigenvalue weighted by molar-refractivity contribution is -0.186. The highest BCUT2D eigenvalue weighted by atomic mass is 19.4. The highest BCUT2D eigenvalue weighted by Crippen LogP contribution is 2.26. The maximum atomic E-state index is 12.6. The smallest absolute Gasteiger partial charge is 0.471 e. The van der Waals surface area contributed by atoms with Crippen LogP contribution < -0.4 is 9.47 Å². The van der Waals surface area contributed by atoms with Gasteiger partial charge in [0.2, 0.25) is 0 Å². The number of nitrogens with zero attached hydrogens (tertiary/aromatic N) is 1. The highest BCUT2D eigenvalue weighted by molar-refractivity contribution is 5.81. The molecule has 0 saturated carbocycles. The third kappa shape index (κ3) is 6.43. The number of halogens is 3. The van der Waals surface area contributed by atoms with Crippen LogP contribution in [0.15, 0.2) is 24.3 Å². The average molecular weight is 363 g/mol. The number of rotatable bonds is 0. The molecule has 6 nitrogen and oxygen atoms in total. The summed E-state index contributed by atoms with van der Waals surface area (Å²) in [5.41, 5.74) is 0. The first kappa shape index (κ1) is 19.3. The van der Waals surface area contributed by atoms with Crippen LogP contribution in [0.4, 0.5) is 13.2 Å². The van der Waals surface area contributed by atoms with E-state index in [-0.39, 0.29) is 52.7 Å². The minimum Gasteiger partial charge on any atom is -0.487 e. The molecule has 1 heterocycles. The molecule has 0 atom stereocenters. The molecule has 0 N–H and O–H groups in total. The van der Waals surface area contributed by atoms with Crippen LogP contribution in [-0.2, 0) is 14.3 Å². The van der Waals surface area contributed by atoms with Crippen molar-refractivity contribution in [3.05, 3.63) is 24.3 Å². The molecule has 1 aromatic carbocycles. The third-order valence-electron chi connectivity index (χ3n) is 3.36. The van der Waals surface area contributed by atoms with E-state index < -0.39 is 12.1 Å². The number of hydrogen-bond donors (Lipinski definition) is 0. The summed E-state index contributed by atoms with van der Waals surface area (Å²) in [7, 11) is 0. The zero-order valence-electron chi connectivity index (χ0n) is 13.6. The van der Waals surface area contributed by atoms with Gasteiger partial charge in [-0.05, 0) is 12.1 Å². The lowest BCUT2D eigenvalue weighted by Gasteiger charge is -2.23. The molecule has 0 fully saturated rings. The first-order chi connectivity index (χ1) is 12.0. The first-order valence-corrected chi connectivity index (χ1v) is 7.84. The summed E-state index contributed by atoms with van der Waals surface area (Å²) in [6.45, 7) is 0.391. The zero-order valence-corrected chi connectivity index (χ0v) is 13.6. The summed E-state index contributed by atoms with van der Waals surface area (Å²) < 4.78 is 59.4. The maximum absolute atomic E-state index is 12.6. The molecule has 1 aromatic rings. The van der Waals surface area contributed by atoms with Crippen molar-refractivity contribution in [1.82, 2.24) is 4.90 Å². The normalized spacial score (nSPS) is 18.1. The maximum Gasteiger partial charge on any atom is 0.471 e. The SMILES string of the molecule is O=C(N1CCOCCOc2ccccc2OCCOCC1)C(F)(F)F. The molecule has 1 amide bonds. The molecule has 9 heteroatoms. The van der Waals surface area contributed by atoms with Gasteiger partial charge in [-0.2, -0.15) is 13.2 Å². The van der Waals surface area contributed by atoms with E-state index in [1.807, 2.05) is 0 Å². The molecule has 1 aliphatic rings. The van der Waals surface area contributed by atoms with Gasteiger partial charge in [0.15, 0.2) is 11.5 Å². The number of carbonyl (C=O) groups excluding carboxylic acids is 1. The Bertz CT molecular complexity index is 518. The fraction of sp³-hybridized carbons (Fsp3) is 0.562. The summed E-state index contributed by atoms with van der Waals surface area (Å²) in [6.07, 6.45) is -4.92. The van der Waals surface area contributed by atoms with Crippen LogP contribution in [0.2, 0.25) is 0 Å². The number of ether oxygens (including phenoxy) is 4. The zero-order chi connectivity index (χ0) is 18.1. The number of hydrogen-bond acceptors (Lipinski definition) is 5. The Morgan fingerprint density at radius 2 is 1.32 bits per heavy atom. The lowest BCUT2D eigenvalue weighted by atomic mass is 10.3. The number of benzene rings is 1. The Balaban J connectivity index is 1.94. The third-order valence-corrected chi connectivity index (χ3v) is 3.36.